The van der Waals surface area contributed by atoms with E-state index in [0.717, 1.165) is 6.42 Å². The van der Waals surface area contributed by atoms with Crippen molar-refractivity contribution in [3.05, 3.63) is 23.6 Å². The van der Waals surface area contributed by atoms with Crippen LogP contribution in [0.15, 0.2) is 12.3 Å². The number of hydrogen-bond donors (Lipinski definition) is 0. The van der Waals surface area contributed by atoms with E-state index in [1.807, 2.05) is 0 Å². The van der Waals surface area contributed by atoms with E-state index in [2.05, 4.69) is 25.8 Å². The standard InChI is InChI=1S/C16H24FNO2/c1-15(2,3)7-8-20-14-12(17)9-11(10-18-14)13(19)16(4,5)6/h9-10H,7-8H2,1-6H3. The van der Waals surface area contributed by atoms with Gasteiger partial charge in [0.05, 0.1) is 6.61 Å². The first-order valence-corrected chi connectivity index (χ1v) is 6.84. The van der Waals surface area contributed by atoms with Gasteiger partial charge >= 0.3 is 0 Å². The molecule has 20 heavy (non-hydrogen) atoms. The molecule has 1 aromatic heterocycles. The van der Waals surface area contributed by atoms with Gasteiger partial charge in [0.1, 0.15) is 0 Å². The van der Waals surface area contributed by atoms with Crippen molar-refractivity contribution in [2.24, 2.45) is 10.8 Å². The predicted molar refractivity (Wildman–Crippen MR) is 77.5 cm³/mol. The third kappa shape index (κ3) is 4.91. The van der Waals surface area contributed by atoms with Gasteiger partial charge in [-0.15, -0.1) is 0 Å². The fourth-order valence-electron chi connectivity index (χ4n) is 1.54. The van der Waals surface area contributed by atoms with Gasteiger partial charge < -0.3 is 4.74 Å². The number of halogens is 1. The molecule has 112 valence electrons. The number of carbonyl (C=O) groups excluding carboxylic acids is 1. The smallest absolute Gasteiger partial charge is 0.250 e. The maximum Gasteiger partial charge on any atom is 0.250 e. The summed E-state index contributed by atoms with van der Waals surface area (Å²) in [5.41, 5.74) is -0.153. The van der Waals surface area contributed by atoms with Crippen LogP contribution in [-0.4, -0.2) is 17.4 Å². The Labute approximate surface area is 120 Å². The third-order valence-electron chi connectivity index (χ3n) is 2.84. The lowest BCUT2D eigenvalue weighted by Gasteiger charge is -2.18. The maximum atomic E-state index is 13.9. The normalized spacial score (nSPS) is 12.3. The minimum Gasteiger partial charge on any atom is -0.476 e. The van der Waals surface area contributed by atoms with Crippen LogP contribution in [0, 0.1) is 16.6 Å². The maximum absolute atomic E-state index is 13.9. The van der Waals surface area contributed by atoms with Crippen LogP contribution in [0.5, 0.6) is 5.88 Å². The van der Waals surface area contributed by atoms with Crippen molar-refractivity contribution in [3.8, 4) is 5.88 Å². The fourth-order valence-corrected chi connectivity index (χ4v) is 1.54. The van der Waals surface area contributed by atoms with E-state index in [0.29, 0.717) is 6.61 Å². The third-order valence-corrected chi connectivity index (χ3v) is 2.84. The molecule has 0 bridgehead atoms. The summed E-state index contributed by atoms with van der Waals surface area (Å²) in [6.45, 7) is 12.0. The van der Waals surface area contributed by atoms with Crippen molar-refractivity contribution < 1.29 is 13.9 Å². The summed E-state index contributed by atoms with van der Waals surface area (Å²) >= 11 is 0. The molecule has 0 amide bonds. The summed E-state index contributed by atoms with van der Waals surface area (Å²) in [4.78, 5) is 15.9. The number of nitrogens with zero attached hydrogens (tertiary/aromatic N) is 1. The molecule has 0 atom stereocenters. The molecule has 0 aromatic carbocycles. The molecular formula is C16H24FNO2. The SMILES string of the molecule is CC(C)(C)CCOc1ncc(C(=O)C(C)(C)C)cc1F. The lowest BCUT2D eigenvalue weighted by atomic mass is 9.87. The van der Waals surface area contributed by atoms with Crippen molar-refractivity contribution in [1.29, 1.82) is 0 Å². The molecule has 1 rings (SSSR count). The minimum absolute atomic E-state index is 0.0419. The van der Waals surface area contributed by atoms with E-state index in [9.17, 15) is 9.18 Å². The van der Waals surface area contributed by atoms with E-state index in [-0.39, 0.29) is 22.6 Å². The highest BCUT2D eigenvalue weighted by atomic mass is 19.1. The van der Waals surface area contributed by atoms with Gasteiger partial charge in [-0.1, -0.05) is 41.5 Å². The Morgan fingerprint density at radius 3 is 2.30 bits per heavy atom. The Balaban J connectivity index is 2.77. The Hall–Kier alpha value is -1.45. The van der Waals surface area contributed by atoms with Gasteiger partial charge in [0.15, 0.2) is 11.6 Å². The zero-order valence-electron chi connectivity index (χ0n) is 13.2. The van der Waals surface area contributed by atoms with E-state index >= 15 is 0 Å². The van der Waals surface area contributed by atoms with Gasteiger partial charge in [-0.25, -0.2) is 9.37 Å². The average molecular weight is 281 g/mol. The Bertz CT molecular complexity index is 484. The highest BCUT2D eigenvalue weighted by molar-refractivity contribution is 5.99. The van der Waals surface area contributed by atoms with Gasteiger partial charge in [0.25, 0.3) is 0 Å². The van der Waals surface area contributed by atoms with Crippen LogP contribution < -0.4 is 4.74 Å². The number of aromatic nitrogens is 1. The van der Waals surface area contributed by atoms with Crippen molar-refractivity contribution >= 4 is 5.78 Å². The van der Waals surface area contributed by atoms with Gasteiger partial charge in [-0.3, -0.25) is 4.79 Å². The number of pyridine rings is 1. The summed E-state index contributed by atoms with van der Waals surface area (Å²) in [6, 6.07) is 1.20. The molecular weight excluding hydrogens is 257 g/mol. The molecule has 0 saturated carbocycles. The molecule has 0 N–H and O–H groups in total. The first-order chi connectivity index (χ1) is 9.00. The van der Waals surface area contributed by atoms with Crippen LogP contribution in [0.2, 0.25) is 0 Å². The monoisotopic (exact) mass is 281 g/mol. The largest absolute Gasteiger partial charge is 0.476 e. The number of ether oxygens (including phenoxy) is 1. The Kier molecular flexibility index (Phi) is 4.90. The molecule has 0 fully saturated rings. The van der Waals surface area contributed by atoms with Crippen LogP contribution >= 0.6 is 0 Å². The quantitative estimate of drug-likeness (QED) is 0.774. The van der Waals surface area contributed by atoms with E-state index in [1.165, 1.54) is 12.3 Å². The molecule has 3 nitrogen and oxygen atoms in total. The summed E-state index contributed by atoms with van der Waals surface area (Å²) in [5.74, 6) is -0.765. The topological polar surface area (TPSA) is 39.2 Å². The average Bonchev–Trinajstić information content (AvgIpc) is 2.27. The first kappa shape index (κ1) is 16.6. The molecule has 0 saturated heterocycles. The van der Waals surface area contributed by atoms with Crippen molar-refractivity contribution in [2.75, 3.05) is 6.61 Å². The van der Waals surface area contributed by atoms with Gasteiger partial charge in [-0.05, 0) is 17.9 Å². The van der Waals surface area contributed by atoms with Crippen molar-refractivity contribution in [2.45, 2.75) is 48.0 Å². The second-order valence-corrected chi connectivity index (χ2v) is 7.25. The van der Waals surface area contributed by atoms with Gasteiger partial charge in [0, 0.05) is 17.2 Å². The summed E-state index contributed by atoms with van der Waals surface area (Å²) < 4.78 is 19.2. The van der Waals surface area contributed by atoms with Gasteiger partial charge in [-0.2, -0.15) is 0 Å². The highest BCUT2D eigenvalue weighted by Gasteiger charge is 2.24. The molecule has 0 aliphatic rings. The summed E-state index contributed by atoms with van der Waals surface area (Å²) in [7, 11) is 0. The molecule has 0 radical (unpaired) electrons. The number of carbonyl (C=O) groups is 1. The molecule has 4 heteroatoms. The number of Topliss-reactive ketones (excluding diaryl/α,β-unsaturated/α-hetero) is 1. The second-order valence-electron chi connectivity index (χ2n) is 7.25. The molecule has 0 unspecified atom stereocenters. The number of ketones is 1. The zero-order valence-corrected chi connectivity index (χ0v) is 13.2. The van der Waals surface area contributed by atoms with Crippen LogP contribution in [-0.2, 0) is 0 Å². The molecule has 0 spiro atoms. The van der Waals surface area contributed by atoms with Gasteiger partial charge in [0.2, 0.25) is 5.88 Å². The van der Waals surface area contributed by atoms with Crippen LogP contribution in [0.3, 0.4) is 0 Å². The summed E-state index contributed by atoms with van der Waals surface area (Å²) in [5, 5.41) is 0. The lowest BCUT2D eigenvalue weighted by molar-refractivity contribution is 0.0857. The minimum atomic E-state index is -0.589. The highest BCUT2D eigenvalue weighted by Crippen LogP contribution is 2.24. The number of rotatable bonds is 4. The second kappa shape index (κ2) is 5.90. The Morgan fingerprint density at radius 1 is 1.25 bits per heavy atom. The molecule has 1 heterocycles. The van der Waals surface area contributed by atoms with Crippen molar-refractivity contribution in [1.82, 2.24) is 4.98 Å². The first-order valence-electron chi connectivity index (χ1n) is 6.84. The zero-order chi connectivity index (χ0) is 15.6. The van der Waals surface area contributed by atoms with Crippen LogP contribution in [0.25, 0.3) is 0 Å². The van der Waals surface area contributed by atoms with E-state index < -0.39 is 11.2 Å². The Morgan fingerprint density at radius 2 is 1.85 bits per heavy atom. The van der Waals surface area contributed by atoms with Crippen molar-refractivity contribution in [3.63, 3.8) is 0 Å². The van der Waals surface area contributed by atoms with Crippen LogP contribution in [0.1, 0.15) is 58.3 Å². The number of hydrogen-bond acceptors (Lipinski definition) is 3. The predicted octanol–water partition coefficient (Wildman–Crippen LogP) is 4.26. The van der Waals surface area contributed by atoms with Crippen LogP contribution in [0.4, 0.5) is 4.39 Å². The fraction of sp³-hybridized carbons (Fsp3) is 0.625. The van der Waals surface area contributed by atoms with E-state index in [4.69, 9.17) is 4.74 Å². The molecule has 0 aliphatic carbocycles. The molecule has 0 aliphatic heterocycles. The molecule has 1 aromatic rings. The van der Waals surface area contributed by atoms with E-state index in [1.54, 1.807) is 20.8 Å². The lowest BCUT2D eigenvalue weighted by Crippen LogP contribution is -2.20. The summed E-state index contributed by atoms with van der Waals surface area (Å²) in [6.07, 6.45) is 2.18.